The van der Waals surface area contributed by atoms with Gasteiger partial charge < -0.3 is 20.3 Å². The van der Waals surface area contributed by atoms with Crippen LogP contribution >= 0.6 is 0 Å². The third-order valence-electron chi connectivity index (χ3n) is 5.38. The van der Waals surface area contributed by atoms with E-state index < -0.39 is 0 Å². The number of carbonyl (C=O) groups excluding carboxylic acids is 1. The Labute approximate surface area is 166 Å². The first-order valence-corrected chi connectivity index (χ1v) is 10.00. The summed E-state index contributed by atoms with van der Waals surface area (Å²) in [5.74, 6) is 0.907. The summed E-state index contributed by atoms with van der Waals surface area (Å²) in [6, 6.07) is 13.5. The van der Waals surface area contributed by atoms with Crippen molar-refractivity contribution >= 4 is 23.4 Å². The van der Waals surface area contributed by atoms with Crippen molar-refractivity contribution in [3.05, 3.63) is 59.4 Å². The van der Waals surface area contributed by atoms with Gasteiger partial charge in [0.2, 0.25) is 0 Å². The van der Waals surface area contributed by atoms with Gasteiger partial charge in [-0.2, -0.15) is 0 Å². The maximum atomic E-state index is 13.2. The molecule has 0 radical (unpaired) electrons. The Morgan fingerprint density at radius 3 is 2.68 bits per heavy atom. The zero-order valence-electron chi connectivity index (χ0n) is 16.4. The average molecular weight is 377 g/mol. The van der Waals surface area contributed by atoms with Crippen LogP contribution in [0.2, 0.25) is 0 Å². The monoisotopic (exact) mass is 377 g/mol. The van der Waals surface area contributed by atoms with E-state index in [4.69, 9.17) is 10.5 Å². The molecule has 1 fully saturated rings. The van der Waals surface area contributed by atoms with Crippen LogP contribution in [0.1, 0.15) is 30.4 Å². The van der Waals surface area contributed by atoms with Gasteiger partial charge in [-0.25, -0.2) is 0 Å². The molecule has 5 nitrogen and oxygen atoms in total. The van der Waals surface area contributed by atoms with Crippen LogP contribution < -0.4 is 15.4 Å². The standard InChI is InChI=1S/C23H27N3O2/c1-17-6-5-7-18(14-17)15-22-23(27)26(13-12-25-10-3-2-4-11-25)20-16-19(24)8-9-21(20)28-22/h5-9,14-16H,2-4,10-13,24H2,1H3/b22-15+. The zero-order chi connectivity index (χ0) is 19.5. The first-order chi connectivity index (χ1) is 13.6. The summed E-state index contributed by atoms with van der Waals surface area (Å²) in [5, 5.41) is 0. The molecule has 2 N–H and O–H groups in total. The molecule has 2 aliphatic rings. The highest BCUT2D eigenvalue weighted by atomic mass is 16.5. The van der Waals surface area contributed by atoms with Gasteiger partial charge >= 0.3 is 0 Å². The first kappa shape index (κ1) is 18.6. The van der Waals surface area contributed by atoms with E-state index in [9.17, 15) is 4.79 Å². The molecule has 28 heavy (non-hydrogen) atoms. The van der Waals surface area contributed by atoms with E-state index in [0.717, 1.165) is 36.4 Å². The van der Waals surface area contributed by atoms with Crippen LogP contribution in [0.15, 0.2) is 48.2 Å². The summed E-state index contributed by atoms with van der Waals surface area (Å²) in [6.07, 6.45) is 5.59. The van der Waals surface area contributed by atoms with E-state index in [0.29, 0.717) is 23.7 Å². The maximum Gasteiger partial charge on any atom is 0.294 e. The van der Waals surface area contributed by atoms with Crippen molar-refractivity contribution in [3.8, 4) is 5.75 Å². The molecule has 0 aliphatic carbocycles. The van der Waals surface area contributed by atoms with Crippen LogP contribution in [0, 0.1) is 6.92 Å². The molecule has 0 spiro atoms. The highest BCUT2D eigenvalue weighted by molar-refractivity contribution is 6.10. The van der Waals surface area contributed by atoms with Crippen LogP contribution in [0.5, 0.6) is 5.75 Å². The maximum absolute atomic E-state index is 13.2. The predicted octanol–water partition coefficient (Wildman–Crippen LogP) is 3.83. The Morgan fingerprint density at radius 2 is 1.89 bits per heavy atom. The molecule has 1 saturated heterocycles. The Bertz CT molecular complexity index is 900. The minimum Gasteiger partial charge on any atom is -0.449 e. The number of nitrogens with zero attached hydrogens (tertiary/aromatic N) is 2. The van der Waals surface area contributed by atoms with Gasteiger partial charge in [0, 0.05) is 18.8 Å². The quantitative estimate of drug-likeness (QED) is 0.650. The smallest absolute Gasteiger partial charge is 0.294 e. The average Bonchev–Trinajstić information content (AvgIpc) is 2.69. The molecular formula is C23H27N3O2. The number of hydrogen-bond donors (Lipinski definition) is 1. The predicted molar refractivity (Wildman–Crippen MR) is 113 cm³/mol. The highest BCUT2D eigenvalue weighted by Crippen LogP contribution is 2.37. The van der Waals surface area contributed by atoms with Crippen LogP contribution in [0.25, 0.3) is 6.08 Å². The van der Waals surface area contributed by atoms with Gasteiger partial charge in [0.15, 0.2) is 11.5 Å². The fourth-order valence-electron chi connectivity index (χ4n) is 3.89. The minimum absolute atomic E-state index is 0.114. The van der Waals surface area contributed by atoms with Crippen molar-refractivity contribution in [1.82, 2.24) is 4.90 Å². The van der Waals surface area contributed by atoms with Crippen molar-refractivity contribution in [2.75, 3.05) is 36.8 Å². The second-order valence-corrected chi connectivity index (χ2v) is 7.61. The molecular weight excluding hydrogens is 350 g/mol. The molecule has 4 rings (SSSR count). The van der Waals surface area contributed by atoms with E-state index in [1.165, 1.54) is 19.3 Å². The lowest BCUT2D eigenvalue weighted by Crippen LogP contribution is -2.43. The van der Waals surface area contributed by atoms with E-state index in [1.54, 1.807) is 0 Å². The zero-order valence-corrected chi connectivity index (χ0v) is 16.4. The Hall–Kier alpha value is -2.79. The van der Waals surface area contributed by atoms with Gasteiger partial charge in [-0.15, -0.1) is 0 Å². The summed E-state index contributed by atoms with van der Waals surface area (Å²) in [4.78, 5) is 17.5. The van der Waals surface area contributed by atoms with Gasteiger partial charge in [-0.1, -0.05) is 36.2 Å². The minimum atomic E-state index is -0.114. The fourth-order valence-corrected chi connectivity index (χ4v) is 3.89. The third kappa shape index (κ3) is 4.04. The fraction of sp³-hybridized carbons (Fsp3) is 0.348. The number of aryl methyl sites for hydroxylation is 1. The van der Waals surface area contributed by atoms with Crippen LogP contribution in [-0.4, -0.2) is 37.0 Å². The van der Waals surface area contributed by atoms with Crippen molar-refractivity contribution in [2.45, 2.75) is 26.2 Å². The number of hydrogen-bond acceptors (Lipinski definition) is 4. The van der Waals surface area contributed by atoms with E-state index >= 15 is 0 Å². The topological polar surface area (TPSA) is 58.8 Å². The van der Waals surface area contributed by atoms with Crippen molar-refractivity contribution in [3.63, 3.8) is 0 Å². The van der Waals surface area contributed by atoms with Crippen molar-refractivity contribution in [1.29, 1.82) is 0 Å². The number of rotatable bonds is 4. The molecule has 0 aromatic heterocycles. The van der Waals surface area contributed by atoms with Gasteiger partial charge in [-0.05, 0) is 62.7 Å². The molecule has 0 unspecified atom stereocenters. The number of amides is 1. The summed E-state index contributed by atoms with van der Waals surface area (Å²) in [5.41, 5.74) is 9.47. The molecule has 0 bridgehead atoms. The van der Waals surface area contributed by atoms with E-state index in [-0.39, 0.29) is 5.91 Å². The summed E-state index contributed by atoms with van der Waals surface area (Å²) in [7, 11) is 0. The van der Waals surface area contributed by atoms with Gasteiger partial charge in [0.05, 0.1) is 5.69 Å². The summed E-state index contributed by atoms with van der Waals surface area (Å²) in [6.45, 7) is 5.73. The SMILES string of the molecule is Cc1cccc(/C=C2/Oc3ccc(N)cc3N(CCN3CCCCC3)C2=O)c1. The van der Waals surface area contributed by atoms with Gasteiger partial charge in [-0.3, -0.25) is 4.79 Å². The second-order valence-electron chi connectivity index (χ2n) is 7.61. The number of fused-ring (bicyclic) bond motifs is 1. The number of carbonyl (C=O) groups is 1. The van der Waals surface area contributed by atoms with Gasteiger partial charge in [0.1, 0.15) is 0 Å². The Balaban J connectivity index is 1.62. The highest BCUT2D eigenvalue weighted by Gasteiger charge is 2.30. The lowest BCUT2D eigenvalue weighted by Gasteiger charge is -2.33. The number of benzene rings is 2. The molecule has 146 valence electrons. The third-order valence-corrected chi connectivity index (χ3v) is 5.38. The van der Waals surface area contributed by atoms with Gasteiger partial charge in [0.25, 0.3) is 5.91 Å². The number of ether oxygens (including phenoxy) is 1. The number of nitrogens with two attached hydrogens (primary N) is 1. The number of likely N-dealkylation sites (tertiary alicyclic amines) is 1. The number of nitrogen functional groups attached to an aromatic ring is 1. The molecule has 1 amide bonds. The molecule has 5 heteroatoms. The second kappa shape index (κ2) is 8.07. The Morgan fingerprint density at radius 1 is 1.07 bits per heavy atom. The molecule has 0 saturated carbocycles. The molecule has 2 heterocycles. The summed E-state index contributed by atoms with van der Waals surface area (Å²) < 4.78 is 5.97. The van der Waals surface area contributed by atoms with Crippen LogP contribution in [0.4, 0.5) is 11.4 Å². The van der Waals surface area contributed by atoms with E-state index in [1.807, 2.05) is 60.4 Å². The van der Waals surface area contributed by atoms with Crippen molar-refractivity contribution in [2.24, 2.45) is 0 Å². The summed E-state index contributed by atoms with van der Waals surface area (Å²) >= 11 is 0. The van der Waals surface area contributed by atoms with Crippen molar-refractivity contribution < 1.29 is 9.53 Å². The van der Waals surface area contributed by atoms with E-state index in [2.05, 4.69) is 4.90 Å². The molecule has 2 aromatic rings. The molecule has 2 aliphatic heterocycles. The number of piperidine rings is 1. The first-order valence-electron chi connectivity index (χ1n) is 10.00. The largest absolute Gasteiger partial charge is 0.449 e. The lowest BCUT2D eigenvalue weighted by atomic mass is 10.1. The normalized spacial score (nSPS) is 18.8. The molecule has 0 atom stereocenters. The van der Waals surface area contributed by atoms with Crippen LogP contribution in [0.3, 0.4) is 0 Å². The lowest BCUT2D eigenvalue weighted by molar-refractivity contribution is -0.117. The molecule has 2 aromatic carbocycles. The Kier molecular flexibility index (Phi) is 5.35. The van der Waals surface area contributed by atoms with Crippen LogP contribution in [-0.2, 0) is 4.79 Å². The number of anilines is 2.